The molecule has 2 unspecified atom stereocenters. The molecule has 1 aromatic heterocycles. The molecular weight excluding hydrogens is 396 g/mol. The zero-order valence-corrected chi connectivity index (χ0v) is 19.0. The van der Waals surface area contributed by atoms with Crippen molar-refractivity contribution in [3.05, 3.63) is 11.8 Å². The number of carbonyl (C=O) groups is 2. The summed E-state index contributed by atoms with van der Waals surface area (Å²) in [5.41, 5.74) is 0.985. The zero-order valence-electron chi connectivity index (χ0n) is 19.0. The number of hydrogen-bond donors (Lipinski definition) is 2. The molecule has 0 aliphatic carbocycles. The molecule has 0 radical (unpaired) electrons. The number of nitrogens with zero attached hydrogens (tertiary/aromatic N) is 4. The maximum atomic E-state index is 13.0. The number of piperidine rings is 1. The number of aromatic amines is 1. The van der Waals surface area contributed by atoms with Gasteiger partial charge < -0.3 is 24.8 Å². The summed E-state index contributed by atoms with van der Waals surface area (Å²) in [6.45, 7) is 12.7. The summed E-state index contributed by atoms with van der Waals surface area (Å²) >= 11 is 0. The first-order chi connectivity index (χ1) is 14.8. The fourth-order valence-corrected chi connectivity index (χ4v) is 4.63. The Morgan fingerprint density at radius 2 is 1.77 bits per heavy atom. The van der Waals surface area contributed by atoms with E-state index in [9.17, 15) is 9.59 Å². The van der Waals surface area contributed by atoms with Crippen molar-refractivity contribution in [2.24, 2.45) is 5.41 Å². The SMILES string of the molecule is CC(C)(C)C1CN(C(=O)C(=O)N2CCCC(c3cc(N4CCNCC4)n[nH]3)C2)CCO1. The van der Waals surface area contributed by atoms with Crippen LogP contribution in [-0.4, -0.2) is 96.9 Å². The van der Waals surface area contributed by atoms with E-state index in [0.717, 1.165) is 50.5 Å². The van der Waals surface area contributed by atoms with E-state index in [1.807, 2.05) is 0 Å². The number of aromatic nitrogens is 2. The summed E-state index contributed by atoms with van der Waals surface area (Å²) in [6.07, 6.45) is 1.82. The van der Waals surface area contributed by atoms with Crippen LogP contribution in [0.25, 0.3) is 0 Å². The standard InChI is InChI=1S/C22H36N6O3/c1-22(2,3)18-15-28(11-12-31-18)21(30)20(29)27-8-4-5-16(14-27)17-13-19(25-24-17)26-9-6-23-7-10-26/h13,16,18,23H,4-12,14-15H2,1-3H3,(H,24,25). The lowest BCUT2D eigenvalue weighted by Gasteiger charge is -2.40. The first-order valence-corrected chi connectivity index (χ1v) is 11.5. The molecule has 9 nitrogen and oxygen atoms in total. The van der Waals surface area contributed by atoms with E-state index >= 15 is 0 Å². The molecule has 1 aromatic rings. The monoisotopic (exact) mass is 432 g/mol. The predicted molar refractivity (Wildman–Crippen MR) is 118 cm³/mol. The van der Waals surface area contributed by atoms with Crippen LogP contribution in [0.1, 0.15) is 45.2 Å². The van der Waals surface area contributed by atoms with Gasteiger partial charge in [0.25, 0.3) is 0 Å². The van der Waals surface area contributed by atoms with Gasteiger partial charge in [0.1, 0.15) is 0 Å². The van der Waals surface area contributed by atoms with E-state index < -0.39 is 5.91 Å². The Hall–Kier alpha value is -2.13. The van der Waals surface area contributed by atoms with Crippen molar-refractivity contribution in [1.82, 2.24) is 25.3 Å². The van der Waals surface area contributed by atoms with Gasteiger partial charge in [-0.3, -0.25) is 14.7 Å². The smallest absolute Gasteiger partial charge is 0.312 e. The zero-order chi connectivity index (χ0) is 22.0. The molecule has 2 amide bonds. The minimum atomic E-state index is -0.399. The number of likely N-dealkylation sites (tertiary alicyclic amines) is 1. The number of anilines is 1. The molecule has 4 heterocycles. The lowest BCUT2D eigenvalue weighted by Crippen LogP contribution is -2.55. The molecule has 2 N–H and O–H groups in total. The average molecular weight is 433 g/mol. The Morgan fingerprint density at radius 1 is 1.06 bits per heavy atom. The summed E-state index contributed by atoms with van der Waals surface area (Å²) in [4.78, 5) is 31.7. The van der Waals surface area contributed by atoms with Gasteiger partial charge in [-0.15, -0.1) is 0 Å². The molecule has 0 aromatic carbocycles. The fourth-order valence-electron chi connectivity index (χ4n) is 4.63. The first kappa shape index (κ1) is 22.1. The van der Waals surface area contributed by atoms with Gasteiger partial charge >= 0.3 is 11.8 Å². The number of carbonyl (C=O) groups excluding carboxylic acids is 2. The number of morpholine rings is 1. The van der Waals surface area contributed by atoms with Gasteiger partial charge in [0, 0.05) is 70.0 Å². The molecule has 3 fully saturated rings. The summed E-state index contributed by atoms with van der Waals surface area (Å²) in [7, 11) is 0. The van der Waals surface area contributed by atoms with Gasteiger partial charge in [-0.2, -0.15) is 5.10 Å². The van der Waals surface area contributed by atoms with Crippen molar-refractivity contribution in [3.63, 3.8) is 0 Å². The molecular formula is C22H36N6O3. The van der Waals surface area contributed by atoms with Crippen LogP contribution in [0, 0.1) is 5.41 Å². The largest absolute Gasteiger partial charge is 0.374 e. The van der Waals surface area contributed by atoms with Gasteiger partial charge in [0.05, 0.1) is 12.7 Å². The molecule has 0 saturated carbocycles. The van der Waals surface area contributed by atoms with Crippen molar-refractivity contribution in [2.45, 2.75) is 45.6 Å². The Morgan fingerprint density at radius 3 is 2.48 bits per heavy atom. The topological polar surface area (TPSA) is 93.8 Å². The third kappa shape index (κ3) is 5.03. The number of rotatable bonds is 2. The highest BCUT2D eigenvalue weighted by Gasteiger charge is 2.37. The molecule has 0 spiro atoms. The van der Waals surface area contributed by atoms with Crippen LogP contribution < -0.4 is 10.2 Å². The molecule has 172 valence electrons. The van der Waals surface area contributed by atoms with E-state index in [4.69, 9.17) is 4.74 Å². The van der Waals surface area contributed by atoms with Gasteiger partial charge in [0.15, 0.2) is 5.82 Å². The summed E-state index contributed by atoms with van der Waals surface area (Å²) in [5, 5.41) is 11.0. The highest BCUT2D eigenvalue weighted by molar-refractivity contribution is 6.34. The number of piperazine rings is 1. The van der Waals surface area contributed by atoms with E-state index in [0.29, 0.717) is 32.8 Å². The third-order valence-corrected chi connectivity index (χ3v) is 6.68. The second kappa shape index (κ2) is 9.16. The number of nitrogens with one attached hydrogen (secondary N) is 2. The second-order valence-electron chi connectivity index (χ2n) is 9.99. The van der Waals surface area contributed by atoms with Crippen LogP contribution in [0.4, 0.5) is 5.82 Å². The van der Waals surface area contributed by atoms with Crippen LogP contribution in [0.3, 0.4) is 0 Å². The van der Waals surface area contributed by atoms with Crippen LogP contribution in [0.15, 0.2) is 6.07 Å². The number of ether oxygens (including phenoxy) is 1. The van der Waals surface area contributed by atoms with Crippen molar-refractivity contribution >= 4 is 17.6 Å². The van der Waals surface area contributed by atoms with E-state index in [1.54, 1.807) is 9.80 Å². The number of amides is 2. The number of H-pyrrole nitrogens is 1. The summed E-state index contributed by atoms with van der Waals surface area (Å²) < 4.78 is 5.84. The van der Waals surface area contributed by atoms with E-state index in [2.05, 4.69) is 47.3 Å². The molecule has 31 heavy (non-hydrogen) atoms. The highest BCUT2D eigenvalue weighted by Crippen LogP contribution is 2.29. The quantitative estimate of drug-likeness (QED) is 0.672. The Balaban J connectivity index is 1.37. The lowest BCUT2D eigenvalue weighted by atomic mass is 9.88. The minimum Gasteiger partial charge on any atom is -0.374 e. The Bertz CT molecular complexity index is 782. The highest BCUT2D eigenvalue weighted by atomic mass is 16.5. The Kier molecular flexibility index (Phi) is 6.52. The lowest BCUT2D eigenvalue weighted by molar-refractivity contribution is -0.159. The maximum Gasteiger partial charge on any atom is 0.312 e. The summed E-state index contributed by atoms with van der Waals surface area (Å²) in [5.74, 6) is 0.365. The normalized spacial score (nSPS) is 25.6. The van der Waals surface area contributed by atoms with Crippen molar-refractivity contribution in [3.8, 4) is 0 Å². The van der Waals surface area contributed by atoms with Crippen LogP contribution in [-0.2, 0) is 14.3 Å². The second-order valence-corrected chi connectivity index (χ2v) is 9.99. The van der Waals surface area contributed by atoms with Crippen molar-refractivity contribution in [1.29, 1.82) is 0 Å². The molecule has 3 aliphatic rings. The van der Waals surface area contributed by atoms with Crippen molar-refractivity contribution < 1.29 is 14.3 Å². The number of hydrogen-bond acceptors (Lipinski definition) is 6. The predicted octanol–water partition coefficient (Wildman–Crippen LogP) is 0.799. The van der Waals surface area contributed by atoms with E-state index in [-0.39, 0.29) is 23.3 Å². The van der Waals surface area contributed by atoms with Gasteiger partial charge in [-0.25, -0.2) is 0 Å². The average Bonchev–Trinajstić information content (AvgIpc) is 3.29. The Labute approximate surface area is 184 Å². The first-order valence-electron chi connectivity index (χ1n) is 11.5. The van der Waals surface area contributed by atoms with Gasteiger partial charge in [-0.05, 0) is 18.3 Å². The molecule has 9 heteroatoms. The molecule has 2 atom stereocenters. The van der Waals surface area contributed by atoms with Crippen molar-refractivity contribution in [2.75, 3.05) is 63.9 Å². The van der Waals surface area contributed by atoms with Crippen LogP contribution in [0.5, 0.6) is 0 Å². The van der Waals surface area contributed by atoms with Crippen LogP contribution in [0.2, 0.25) is 0 Å². The third-order valence-electron chi connectivity index (χ3n) is 6.68. The molecule has 3 saturated heterocycles. The van der Waals surface area contributed by atoms with Gasteiger partial charge in [-0.1, -0.05) is 20.8 Å². The summed E-state index contributed by atoms with van der Waals surface area (Å²) in [6, 6.07) is 2.11. The molecule has 3 aliphatic heterocycles. The molecule has 4 rings (SSSR count). The maximum absolute atomic E-state index is 13.0. The minimum absolute atomic E-state index is 0.0551. The molecule has 0 bridgehead atoms. The fraction of sp³-hybridized carbons (Fsp3) is 0.773. The van der Waals surface area contributed by atoms with Gasteiger partial charge in [0.2, 0.25) is 0 Å². The van der Waals surface area contributed by atoms with Crippen LogP contribution >= 0.6 is 0 Å². The van der Waals surface area contributed by atoms with E-state index in [1.165, 1.54) is 0 Å².